The number of carbonyl (C=O) groups excluding carboxylic acids is 3. The monoisotopic (exact) mass is 893 g/mol. The van der Waals surface area contributed by atoms with Crippen LogP contribution in [-0.2, 0) is 28.6 Å². The highest BCUT2D eigenvalue weighted by Gasteiger charge is 2.19. The van der Waals surface area contributed by atoms with Crippen LogP contribution in [0.1, 0.15) is 258 Å². The number of ether oxygens (including phenoxy) is 3. The van der Waals surface area contributed by atoms with Crippen molar-refractivity contribution in [2.45, 2.75) is 264 Å². The lowest BCUT2D eigenvalue weighted by Crippen LogP contribution is -2.30. The van der Waals surface area contributed by atoms with E-state index in [1.165, 1.54) is 122 Å². The van der Waals surface area contributed by atoms with Crippen LogP contribution in [0.5, 0.6) is 0 Å². The predicted molar refractivity (Wildman–Crippen MR) is 274 cm³/mol. The van der Waals surface area contributed by atoms with Crippen molar-refractivity contribution in [3.63, 3.8) is 0 Å². The van der Waals surface area contributed by atoms with Crippen LogP contribution >= 0.6 is 0 Å². The van der Waals surface area contributed by atoms with Gasteiger partial charge in [-0.2, -0.15) is 0 Å². The van der Waals surface area contributed by atoms with Crippen LogP contribution in [0, 0.1) is 0 Å². The van der Waals surface area contributed by atoms with Crippen molar-refractivity contribution in [1.29, 1.82) is 0 Å². The van der Waals surface area contributed by atoms with Gasteiger partial charge in [-0.3, -0.25) is 14.4 Å². The minimum Gasteiger partial charge on any atom is -0.462 e. The van der Waals surface area contributed by atoms with Gasteiger partial charge >= 0.3 is 17.9 Å². The van der Waals surface area contributed by atoms with Crippen molar-refractivity contribution in [1.82, 2.24) is 0 Å². The maximum Gasteiger partial charge on any atom is 0.306 e. The summed E-state index contributed by atoms with van der Waals surface area (Å²) in [5.41, 5.74) is 0. The SMILES string of the molecule is CC/C=C\C/C=C\C/C=C\C/C=C\C/C=C\C/C=C\CCCCCCCCCCCCC(=O)OCC(COC(=O)CCCCCCCCCC)OC(=O)CCCCCCCCCCC. The summed E-state index contributed by atoms with van der Waals surface area (Å²) in [6.45, 7) is 6.47. The highest BCUT2D eigenvalue weighted by atomic mass is 16.6. The summed E-state index contributed by atoms with van der Waals surface area (Å²) in [6.07, 6.45) is 66.3. The zero-order valence-corrected chi connectivity index (χ0v) is 42.0. The Labute approximate surface area is 395 Å². The summed E-state index contributed by atoms with van der Waals surface area (Å²) in [5.74, 6) is -0.882. The Morgan fingerprint density at radius 2 is 0.609 bits per heavy atom. The number of rotatable bonds is 48. The Hall–Kier alpha value is -3.15. The van der Waals surface area contributed by atoms with E-state index in [4.69, 9.17) is 14.2 Å². The number of esters is 3. The molecule has 0 heterocycles. The molecule has 368 valence electrons. The molecule has 64 heavy (non-hydrogen) atoms. The molecule has 0 fully saturated rings. The molecule has 0 N–H and O–H groups in total. The second-order valence-corrected chi connectivity index (χ2v) is 17.8. The molecule has 1 unspecified atom stereocenters. The minimum atomic E-state index is -0.769. The highest BCUT2D eigenvalue weighted by Crippen LogP contribution is 2.15. The van der Waals surface area contributed by atoms with E-state index in [0.29, 0.717) is 19.3 Å². The van der Waals surface area contributed by atoms with Crippen molar-refractivity contribution in [3.8, 4) is 0 Å². The van der Waals surface area contributed by atoms with Crippen LogP contribution in [0.25, 0.3) is 0 Å². The zero-order chi connectivity index (χ0) is 46.5. The molecular formula is C58H100O6. The minimum absolute atomic E-state index is 0.0733. The van der Waals surface area contributed by atoms with Crippen molar-refractivity contribution >= 4 is 17.9 Å². The first-order valence-electron chi connectivity index (χ1n) is 26.9. The molecule has 0 spiro atoms. The van der Waals surface area contributed by atoms with Gasteiger partial charge in [-0.1, -0.05) is 241 Å². The summed E-state index contributed by atoms with van der Waals surface area (Å²) in [4.78, 5) is 37.7. The van der Waals surface area contributed by atoms with Crippen LogP contribution < -0.4 is 0 Å². The molecule has 0 aromatic heterocycles. The number of carbonyl (C=O) groups is 3. The Morgan fingerprint density at radius 1 is 0.328 bits per heavy atom. The van der Waals surface area contributed by atoms with Crippen molar-refractivity contribution in [2.75, 3.05) is 13.2 Å². The lowest BCUT2D eigenvalue weighted by atomic mass is 10.1. The van der Waals surface area contributed by atoms with Gasteiger partial charge < -0.3 is 14.2 Å². The molecule has 6 heteroatoms. The maximum atomic E-state index is 12.7. The fourth-order valence-corrected chi connectivity index (χ4v) is 7.45. The third-order valence-electron chi connectivity index (χ3n) is 11.5. The van der Waals surface area contributed by atoms with Crippen molar-refractivity contribution in [3.05, 3.63) is 72.9 Å². The topological polar surface area (TPSA) is 78.9 Å². The molecule has 6 nitrogen and oxygen atoms in total. The van der Waals surface area contributed by atoms with Crippen LogP contribution in [-0.4, -0.2) is 37.2 Å². The Bertz CT molecular complexity index is 1210. The summed E-state index contributed by atoms with van der Waals surface area (Å²) < 4.78 is 16.7. The lowest BCUT2D eigenvalue weighted by molar-refractivity contribution is -0.167. The Morgan fingerprint density at radius 3 is 0.953 bits per heavy atom. The highest BCUT2D eigenvalue weighted by molar-refractivity contribution is 5.71. The zero-order valence-electron chi connectivity index (χ0n) is 42.0. The molecule has 0 bridgehead atoms. The van der Waals surface area contributed by atoms with Gasteiger partial charge in [0.15, 0.2) is 6.10 Å². The Kier molecular flexibility index (Phi) is 49.9. The average Bonchev–Trinajstić information content (AvgIpc) is 3.29. The van der Waals surface area contributed by atoms with E-state index in [1.54, 1.807) is 0 Å². The van der Waals surface area contributed by atoms with Crippen LogP contribution in [0.15, 0.2) is 72.9 Å². The molecule has 0 saturated carbocycles. The fourth-order valence-electron chi connectivity index (χ4n) is 7.45. The second-order valence-electron chi connectivity index (χ2n) is 17.8. The first-order valence-corrected chi connectivity index (χ1v) is 26.9. The molecule has 0 amide bonds. The van der Waals surface area contributed by atoms with E-state index in [-0.39, 0.29) is 31.1 Å². The summed E-state index contributed by atoms with van der Waals surface area (Å²) >= 11 is 0. The number of hydrogen-bond acceptors (Lipinski definition) is 6. The van der Waals surface area contributed by atoms with Crippen molar-refractivity contribution < 1.29 is 28.6 Å². The number of hydrogen-bond donors (Lipinski definition) is 0. The molecule has 0 aromatic rings. The van der Waals surface area contributed by atoms with Gasteiger partial charge in [0.1, 0.15) is 13.2 Å². The van der Waals surface area contributed by atoms with E-state index in [0.717, 1.165) is 96.3 Å². The van der Waals surface area contributed by atoms with Crippen molar-refractivity contribution in [2.24, 2.45) is 0 Å². The average molecular weight is 893 g/mol. The van der Waals surface area contributed by atoms with Gasteiger partial charge in [0, 0.05) is 19.3 Å². The van der Waals surface area contributed by atoms with Gasteiger partial charge in [-0.15, -0.1) is 0 Å². The fraction of sp³-hybridized carbons (Fsp3) is 0.741. The van der Waals surface area contributed by atoms with Crippen LogP contribution in [0.4, 0.5) is 0 Å². The summed E-state index contributed by atoms with van der Waals surface area (Å²) in [7, 11) is 0. The second kappa shape index (κ2) is 52.5. The van der Waals surface area contributed by atoms with Gasteiger partial charge in [0.05, 0.1) is 0 Å². The van der Waals surface area contributed by atoms with E-state index in [9.17, 15) is 14.4 Å². The van der Waals surface area contributed by atoms with E-state index < -0.39 is 6.10 Å². The molecule has 0 aliphatic heterocycles. The summed E-state index contributed by atoms with van der Waals surface area (Å²) in [6, 6.07) is 0. The van der Waals surface area contributed by atoms with Gasteiger partial charge in [-0.05, 0) is 70.6 Å². The Balaban J connectivity index is 4.08. The molecular weight excluding hydrogens is 793 g/mol. The van der Waals surface area contributed by atoms with E-state index >= 15 is 0 Å². The van der Waals surface area contributed by atoms with E-state index in [2.05, 4.69) is 93.7 Å². The van der Waals surface area contributed by atoms with Gasteiger partial charge in [0.2, 0.25) is 0 Å². The standard InChI is InChI=1S/C58H100O6/c1-4-7-10-13-16-19-20-21-22-23-24-25-26-27-28-29-30-31-32-33-34-35-36-37-38-40-42-45-48-51-57(60)63-54-55(53-62-56(59)50-47-44-41-18-15-12-9-6-3)64-58(61)52-49-46-43-39-17-14-11-8-5-2/h7,10,16,19,21-22,24-25,27-28,30-31,55H,4-6,8-9,11-15,17-18,20,23,26,29,32-54H2,1-3H3/b10-7-,19-16-,22-21-,25-24-,28-27-,31-30-. The molecule has 0 radical (unpaired) electrons. The third-order valence-corrected chi connectivity index (χ3v) is 11.5. The van der Waals surface area contributed by atoms with Gasteiger partial charge in [-0.25, -0.2) is 0 Å². The third kappa shape index (κ3) is 49.9. The molecule has 0 aliphatic carbocycles. The lowest BCUT2D eigenvalue weighted by Gasteiger charge is -2.18. The van der Waals surface area contributed by atoms with Crippen LogP contribution in [0.3, 0.4) is 0 Å². The first-order chi connectivity index (χ1) is 31.5. The molecule has 0 aliphatic rings. The quantitative estimate of drug-likeness (QED) is 0.0262. The maximum absolute atomic E-state index is 12.7. The summed E-state index contributed by atoms with van der Waals surface area (Å²) in [5, 5.41) is 0. The van der Waals surface area contributed by atoms with Crippen LogP contribution in [0.2, 0.25) is 0 Å². The first kappa shape index (κ1) is 60.9. The van der Waals surface area contributed by atoms with E-state index in [1.807, 2.05) is 0 Å². The molecule has 0 saturated heterocycles. The smallest absolute Gasteiger partial charge is 0.306 e. The number of unbranched alkanes of at least 4 members (excludes halogenated alkanes) is 25. The molecule has 0 rings (SSSR count). The number of allylic oxidation sites excluding steroid dienone is 12. The predicted octanol–water partition coefficient (Wildman–Crippen LogP) is 17.8. The largest absolute Gasteiger partial charge is 0.462 e. The molecule has 0 aromatic carbocycles. The molecule has 1 atom stereocenters. The normalized spacial score (nSPS) is 12.6. The van der Waals surface area contributed by atoms with Gasteiger partial charge in [0.25, 0.3) is 0 Å².